The molecular formula is C17H11Cl2F3N4O4. The summed E-state index contributed by atoms with van der Waals surface area (Å²) in [6.45, 7) is 0. The maximum absolute atomic E-state index is 11.9. The van der Waals surface area contributed by atoms with Crippen molar-refractivity contribution in [2.24, 2.45) is 0 Å². The number of carbonyl (C=O) groups excluding carboxylic acids is 1. The number of alkyl halides is 3. The molecule has 0 unspecified atom stereocenters. The summed E-state index contributed by atoms with van der Waals surface area (Å²) >= 11 is 11.9. The second kappa shape index (κ2) is 9.94. The van der Waals surface area contributed by atoms with Crippen molar-refractivity contribution in [3.63, 3.8) is 0 Å². The highest BCUT2D eigenvalue weighted by Gasteiger charge is 2.38. The second-order valence-corrected chi connectivity index (χ2v) is 6.13. The lowest BCUT2D eigenvalue weighted by Crippen LogP contribution is -2.21. The standard InChI is InChI=1S/C15H10Cl2N4O2.C2HF3O2/c16-9-1-4-14(18-8-9)23-13-3-2-10(7-11(13)17)20-15(22)12-5-6-19-21-12;3-2(4,5)1(6)7/h1-8H,(H,19,21)(H,20,22);(H,6,7). The zero-order valence-corrected chi connectivity index (χ0v) is 16.1. The highest BCUT2D eigenvalue weighted by atomic mass is 35.5. The first-order valence-corrected chi connectivity index (χ1v) is 8.51. The summed E-state index contributed by atoms with van der Waals surface area (Å²) in [6, 6.07) is 9.76. The van der Waals surface area contributed by atoms with E-state index in [1.807, 2.05) is 0 Å². The average molecular weight is 463 g/mol. The van der Waals surface area contributed by atoms with Crippen molar-refractivity contribution in [1.82, 2.24) is 15.2 Å². The topological polar surface area (TPSA) is 117 Å². The Morgan fingerprint density at radius 3 is 2.33 bits per heavy atom. The molecule has 0 fully saturated rings. The van der Waals surface area contributed by atoms with Gasteiger partial charge in [0.2, 0.25) is 5.88 Å². The molecule has 0 aliphatic heterocycles. The Hall–Kier alpha value is -3.31. The molecule has 0 aliphatic rings. The number of aromatic nitrogens is 3. The maximum Gasteiger partial charge on any atom is 0.490 e. The zero-order valence-electron chi connectivity index (χ0n) is 14.6. The third-order valence-corrected chi connectivity index (χ3v) is 3.61. The van der Waals surface area contributed by atoms with Crippen molar-refractivity contribution in [3.05, 3.63) is 64.5 Å². The van der Waals surface area contributed by atoms with Crippen LogP contribution in [0, 0.1) is 0 Å². The molecular weight excluding hydrogens is 452 g/mol. The number of aliphatic carboxylic acids is 1. The van der Waals surface area contributed by atoms with Crippen LogP contribution in [0.2, 0.25) is 10.0 Å². The summed E-state index contributed by atoms with van der Waals surface area (Å²) in [5.74, 6) is -2.29. The molecule has 0 bridgehead atoms. The van der Waals surface area contributed by atoms with Crippen LogP contribution in [0.5, 0.6) is 11.6 Å². The number of halogens is 5. The van der Waals surface area contributed by atoms with E-state index >= 15 is 0 Å². The molecule has 1 amide bonds. The molecule has 30 heavy (non-hydrogen) atoms. The van der Waals surface area contributed by atoms with E-state index in [0.717, 1.165) is 0 Å². The summed E-state index contributed by atoms with van der Waals surface area (Å²) in [5.41, 5.74) is 0.887. The van der Waals surface area contributed by atoms with Crippen LogP contribution in [0.1, 0.15) is 10.5 Å². The lowest BCUT2D eigenvalue weighted by Gasteiger charge is -2.09. The van der Waals surface area contributed by atoms with Gasteiger partial charge in [-0.15, -0.1) is 0 Å². The largest absolute Gasteiger partial charge is 0.490 e. The molecule has 0 saturated heterocycles. The molecule has 0 saturated carbocycles. The van der Waals surface area contributed by atoms with E-state index in [1.165, 1.54) is 12.4 Å². The highest BCUT2D eigenvalue weighted by Crippen LogP contribution is 2.31. The van der Waals surface area contributed by atoms with E-state index in [-0.39, 0.29) is 5.91 Å². The van der Waals surface area contributed by atoms with Gasteiger partial charge in [-0.2, -0.15) is 18.3 Å². The Balaban J connectivity index is 0.000000396. The number of nitrogens with one attached hydrogen (secondary N) is 2. The van der Waals surface area contributed by atoms with Crippen LogP contribution >= 0.6 is 23.2 Å². The first-order chi connectivity index (χ1) is 14.1. The van der Waals surface area contributed by atoms with Gasteiger partial charge in [0, 0.05) is 24.1 Å². The predicted octanol–water partition coefficient (Wildman–Crippen LogP) is 4.79. The van der Waals surface area contributed by atoms with Gasteiger partial charge in [-0.1, -0.05) is 23.2 Å². The quantitative estimate of drug-likeness (QED) is 0.513. The fourth-order valence-electron chi connectivity index (χ4n) is 1.78. The van der Waals surface area contributed by atoms with Gasteiger partial charge in [0.15, 0.2) is 0 Å². The van der Waals surface area contributed by atoms with Gasteiger partial charge in [-0.25, -0.2) is 9.78 Å². The maximum atomic E-state index is 11.9. The minimum Gasteiger partial charge on any atom is -0.475 e. The number of carboxylic acid groups (broad SMARTS) is 1. The van der Waals surface area contributed by atoms with Gasteiger partial charge < -0.3 is 15.2 Å². The molecule has 158 valence electrons. The van der Waals surface area contributed by atoms with E-state index < -0.39 is 12.1 Å². The fourth-order valence-corrected chi connectivity index (χ4v) is 2.11. The second-order valence-electron chi connectivity index (χ2n) is 5.29. The molecule has 13 heteroatoms. The summed E-state index contributed by atoms with van der Waals surface area (Å²) in [7, 11) is 0. The monoisotopic (exact) mass is 462 g/mol. The molecule has 2 heterocycles. The first kappa shape index (κ1) is 23.0. The van der Waals surface area contributed by atoms with Gasteiger partial charge in [0.05, 0.1) is 10.0 Å². The Kier molecular flexibility index (Phi) is 7.61. The van der Waals surface area contributed by atoms with Crippen molar-refractivity contribution >= 4 is 40.8 Å². The van der Waals surface area contributed by atoms with Gasteiger partial charge in [0.25, 0.3) is 5.91 Å². The highest BCUT2D eigenvalue weighted by molar-refractivity contribution is 6.32. The summed E-state index contributed by atoms with van der Waals surface area (Å²) < 4.78 is 37.3. The Morgan fingerprint density at radius 1 is 1.13 bits per heavy atom. The molecule has 1 aromatic carbocycles. The molecule has 3 N–H and O–H groups in total. The number of carbonyl (C=O) groups is 2. The van der Waals surface area contributed by atoms with Gasteiger partial charge in [-0.05, 0) is 30.3 Å². The summed E-state index contributed by atoms with van der Waals surface area (Å²) in [4.78, 5) is 24.8. The average Bonchev–Trinajstić information content (AvgIpc) is 3.20. The number of ether oxygens (including phenoxy) is 1. The molecule has 3 rings (SSSR count). The van der Waals surface area contributed by atoms with Crippen LogP contribution in [-0.4, -0.2) is 38.3 Å². The SMILES string of the molecule is O=C(Nc1ccc(Oc2ccc(Cl)cn2)c(Cl)c1)c1ccn[nH]1.O=C(O)C(F)(F)F. The number of carboxylic acids is 1. The van der Waals surface area contributed by atoms with Gasteiger partial charge >= 0.3 is 12.1 Å². The zero-order chi connectivity index (χ0) is 22.3. The van der Waals surface area contributed by atoms with Gasteiger partial charge in [-0.3, -0.25) is 9.89 Å². The van der Waals surface area contributed by atoms with Crippen LogP contribution in [0.15, 0.2) is 48.8 Å². The minimum absolute atomic E-state index is 0.313. The predicted molar refractivity (Wildman–Crippen MR) is 101 cm³/mol. The number of H-pyrrole nitrogens is 1. The number of rotatable bonds is 4. The number of hydrogen-bond donors (Lipinski definition) is 3. The molecule has 2 aromatic heterocycles. The van der Waals surface area contributed by atoms with E-state index in [1.54, 1.807) is 36.4 Å². The molecule has 8 nitrogen and oxygen atoms in total. The lowest BCUT2D eigenvalue weighted by molar-refractivity contribution is -0.192. The van der Waals surface area contributed by atoms with Crippen molar-refractivity contribution in [1.29, 1.82) is 0 Å². The Bertz CT molecular complexity index is 1010. The molecule has 0 radical (unpaired) electrons. The molecule has 0 spiro atoms. The number of amides is 1. The van der Waals surface area contributed by atoms with Crippen LogP contribution in [0.3, 0.4) is 0 Å². The number of benzene rings is 1. The van der Waals surface area contributed by atoms with Crippen LogP contribution < -0.4 is 10.1 Å². The fraction of sp³-hybridized carbons (Fsp3) is 0.0588. The summed E-state index contributed by atoms with van der Waals surface area (Å²) in [6.07, 6.45) is -2.11. The van der Waals surface area contributed by atoms with Crippen LogP contribution in [0.25, 0.3) is 0 Å². The van der Waals surface area contributed by atoms with Crippen molar-refractivity contribution in [2.45, 2.75) is 6.18 Å². The number of hydrogen-bond acceptors (Lipinski definition) is 5. The first-order valence-electron chi connectivity index (χ1n) is 7.76. The number of anilines is 1. The van der Waals surface area contributed by atoms with E-state index in [9.17, 15) is 18.0 Å². The number of nitrogens with zero attached hydrogens (tertiary/aromatic N) is 2. The van der Waals surface area contributed by atoms with Crippen molar-refractivity contribution in [3.8, 4) is 11.6 Å². The molecule has 3 aromatic rings. The summed E-state index contributed by atoms with van der Waals surface area (Å²) in [5, 5.41) is 17.0. The number of aromatic amines is 1. The third kappa shape index (κ3) is 6.94. The number of pyridine rings is 1. The van der Waals surface area contributed by atoms with E-state index in [0.29, 0.717) is 33.1 Å². The smallest absolute Gasteiger partial charge is 0.475 e. The van der Waals surface area contributed by atoms with Crippen molar-refractivity contribution < 1.29 is 32.6 Å². The van der Waals surface area contributed by atoms with E-state index in [2.05, 4.69) is 20.5 Å². The normalized spacial score (nSPS) is 10.6. The van der Waals surface area contributed by atoms with Gasteiger partial charge in [0.1, 0.15) is 11.4 Å². The van der Waals surface area contributed by atoms with Crippen LogP contribution in [-0.2, 0) is 4.79 Å². The Labute approximate surface area is 176 Å². The molecule has 0 atom stereocenters. The Morgan fingerprint density at radius 2 is 1.83 bits per heavy atom. The van der Waals surface area contributed by atoms with E-state index in [4.69, 9.17) is 37.8 Å². The lowest BCUT2D eigenvalue weighted by atomic mass is 10.3. The van der Waals surface area contributed by atoms with Crippen molar-refractivity contribution in [2.75, 3.05) is 5.32 Å². The molecule has 0 aliphatic carbocycles. The third-order valence-electron chi connectivity index (χ3n) is 3.09. The minimum atomic E-state index is -5.08. The van der Waals surface area contributed by atoms with Crippen LogP contribution in [0.4, 0.5) is 18.9 Å².